The van der Waals surface area contributed by atoms with Gasteiger partial charge in [0.2, 0.25) is 17.7 Å². The van der Waals surface area contributed by atoms with Crippen molar-refractivity contribution in [1.29, 1.82) is 0 Å². The van der Waals surface area contributed by atoms with E-state index in [-0.39, 0.29) is 30.2 Å². The number of hydrogen-bond donors (Lipinski definition) is 3. The summed E-state index contributed by atoms with van der Waals surface area (Å²) in [5.74, 6) is -2.32. The van der Waals surface area contributed by atoms with Gasteiger partial charge in [-0.1, -0.05) is 58.7 Å². The quantitative estimate of drug-likeness (QED) is 0.406. The van der Waals surface area contributed by atoms with Crippen LogP contribution in [-0.2, 0) is 19.1 Å². The van der Waals surface area contributed by atoms with Crippen LogP contribution in [0.15, 0.2) is 30.3 Å². The Bertz CT molecular complexity index is 969. The maximum Gasteiger partial charge on any atom is 0.245 e. The average Bonchev–Trinajstić information content (AvgIpc) is 3.47. The zero-order valence-electron chi connectivity index (χ0n) is 22.0. The number of likely N-dealkylation sites (tertiary alicyclic amines) is 1. The number of carbonyl (C=O) groups is 3. The molecule has 1 aromatic rings. The number of nitrogens with one attached hydrogen (secondary N) is 2. The van der Waals surface area contributed by atoms with Crippen LogP contribution in [0.5, 0.6) is 0 Å². The minimum atomic E-state index is -1.08. The lowest BCUT2D eigenvalue weighted by molar-refractivity contribution is -0.151. The first-order valence-corrected chi connectivity index (χ1v) is 13.5. The second kappa shape index (κ2) is 10.5. The van der Waals surface area contributed by atoms with Crippen molar-refractivity contribution < 1.29 is 24.2 Å². The van der Waals surface area contributed by atoms with Crippen molar-refractivity contribution in [2.45, 2.75) is 89.5 Å². The Balaban J connectivity index is 1.73. The van der Waals surface area contributed by atoms with Gasteiger partial charge in [0, 0.05) is 12.2 Å². The Morgan fingerprint density at radius 1 is 1.14 bits per heavy atom. The molecule has 8 nitrogen and oxygen atoms in total. The number of ether oxygens (including phenoxy) is 1. The predicted molar refractivity (Wildman–Crippen MR) is 137 cm³/mol. The molecule has 8 heteroatoms. The Morgan fingerprint density at radius 2 is 1.86 bits per heavy atom. The van der Waals surface area contributed by atoms with Crippen molar-refractivity contribution in [2.24, 2.45) is 17.8 Å². The van der Waals surface area contributed by atoms with Crippen molar-refractivity contribution in [3.63, 3.8) is 0 Å². The van der Waals surface area contributed by atoms with Crippen molar-refractivity contribution in [2.75, 3.05) is 18.5 Å². The highest BCUT2D eigenvalue weighted by Crippen LogP contribution is 2.64. The van der Waals surface area contributed by atoms with Gasteiger partial charge in [-0.25, -0.2) is 0 Å². The molecule has 3 heterocycles. The van der Waals surface area contributed by atoms with Gasteiger partial charge >= 0.3 is 0 Å². The minimum Gasteiger partial charge on any atom is -0.394 e. The summed E-state index contributed by atoms with van der Waals surface area (Å²) in [5, 5.41) is 16.3. The molecule has 198 valence electrons. The van der Waals surface area contributed by atoms with Gasteiger partial charge in [-0.15, -0.1) is 0 Å². The third-order valence-corrected chi connectivity index (χ3v) is 8.58. The number of amides is 3. The number of para-hydroxylation sites is 1. The maximum absolute atomic E-state index is 14.2. The first-order valence-electron chi connectivity index (χ1n) is 13.5. The molecule has 2 bridgehead atoms. The van der Waals surface area contributed by atoms with Crippen LogP contribution in [0, 0.1) is 17.8 Å². The van der Waals surface area contributed by atoms with Gasteiger partial charge < -0.3 is 25.4 Å². The van der Waals surface area contributed by atoms with Crippen LogP contribution >= 0.6 is 0 Å². The van der Waals surface area contributed by atoms with Gasteiger partial charge in [0.25, 0.3) is 0 Å². The van der Waals surface area contributed by atoms with E-state index in [9.17, 15) is 19.5 Å². The van der Waals surface area contributed by atoms with Crippen LogP contribution in [0.4, 0.5) is 5.69 Å². The average molecular weight is 500 g/mol. The first kappa shape index (κ1) is 26.6. The molecule has 3 fully saturated rings. The largest absolute Gasteiger partial charge is 0.394 e. The smallest absolute Gasteiger partial charge is 0.245 e. The van der Waals surface area contributed by atoms with E-state index >= 15 is 0 Å². The molecule has 6 atom stereocenters. The lowest BCUT2D eigenvalue weighted by Crippen LogP contribution is -2.59. The molecular weight excluding hydrogens is 458 g/mol. The van der Waals surface area contributed by atoms with Gasteiger partial charge in [-0.05, 0) is 43.7 Å². The van der Waals surface area contributed by atoms with Crippen molar-refractivity contribution in [3.05, 3.63) is 30.3 Å². The number of carbonyl (C=O) groups excluding carboxylic acids is 3. The molecule has 0 saturated carbocycles. The molecule has 3 aliphatic rings. The minimum absolute atomic E-state index is 0.0708. The summed E-state index contributed by atoms with van der Waals surface area (Å²) in [7, 11) is 0. The van der Waals surface area contributed by atoms with Crippen LogP contribution in [0.2, 0.25) is 0 Å². The number of unbranched alkanes of at least 4 members (excludes halogenated alkanes) is 2. The Kier molecular flexibility index (Phi) is 7.76. The molecule has 0 radical (unpaired) electrons. The third-order valence-electron chi connectivity index (χ3n) is 8.58. The highest BCUT2D eigenvalue weighted by atomic mass is 16.5. The van der Waals surface area contributed by atoms with Gasteiger partial charge in [0.15, 0.2) is 0 Å². The number of rotatable bonds is 11. The van der Waals surface area contributed by atoms with Gasteiger partial charge in [0.05, 0.1) is 30.1 Å². The number of benzene rings is 1. The van der Waals surface area contributed by atoms with E-state index < -0.39 is 35.1 Å². The SMILES string of the molecule is CCCCCNC(=O)C1N([C@@H](CO)C(C)C)C(=O)[C@@H]2[C@H](C(=O)Nc3ccccc3)[C@]3(CC)CCC12O3. The van der Waals surface area contributed by atoms with Crippen molar-refractivity contribution in [3.8, 4) is 0 Å². The van der Waals surface area contributed by atoms with Crippen LogP contribution in [0.25, 0.3) is 0 Å². The number of aliphatic hydroxyl groups excluding tert-OH is 1. The maximum atomic E-state index is 14.2. The van der Waals surface area contributed by atoms with Gasteiger partial charge in [-0.2, -0.15) is 0 Å². The molecule has 0 aromatic heterocycles. The Hall–Kier alpha value is -2.45. The lowest BCUT2D eigenvalue weighted by Gasteiger charge is -2.38. The first-order chi connectivity index (χ1) is 17.3. The summed E-state index contributed by atoms with van der Waals surface area (Å²) >= 11 is 0. The van der Waals surface area contributed by atoms with E-state index in [0.717, 1.165) is 19.3 Å². The monoisotopic (exact) mass is 499 g/mol. The topological polar surface area (TPSA) is 108 Å². The lowest BCUT2D eigenvalue weighted by atomic mass is 9.65. The molecule has 3 N–H and O–H groups in total. The summed E-state index contributed by atoms with van der Waals surface area (Å²) in [5.41, 5.74) is -1.21. The van der Waals surface area contributed by atoms with E-state index in [1.807, 2.05) is 51.1 Å². The van der Waals surface area contributed by atoms with E-state index in [1.54, 1.807) is 4.90 Å². The molecule has 36 heavy (non-hydrogen) atoms. The third kappa shape index (κ3) is 4.22. The highest BCUT2D eigenvalue weighted by molar-refractivity contribution is 6.02. The van der Waals surface area contributed by atoms with E-state index in [0.29, 0.717) is 31.5 Å². The number of nitrogens with zero attached hydrogens (tertiary/aromatic N) is 1. The second-order valence-corrected chi connectivity index (χ2v) is 10.9. The fourth-order valence-corrected chi connectivity index (χ4v) is 6.76. The number of fused-ring (bicyclic) bond motifs is 1. The fraction of sp³-hybridized carbons (Fsp3) is 0.679. The van der Waals surface area contributed by atoms with Crippen LogP contribution < -0.4 is 10.6 Å². The standard InChI is InChI=1S/C28H41N3O5/c1-5-7-11-16-29-25(34)23-28-15-14-27(6-2,36-28)21(24(33)30-19-12-9-8-10-13-19)22(28)26(35)31(23)20(17-32)18(3)4/h8-10,12-13,18,20-23,32H,5-7,11,14-17H2,1-4H3,(H,29,34)(H,30,33)/t20-,21+,22-,23?,27-,28?/m0/s1. The van der Waals surface area contributed by atoms with Crippen molar-refractivity contribution >= 4 is 23.4 Å². The summed E-state index contributed by atoms with van der Waals surface area (Å²) in [6.45, 7) is 8.21. The normalized spacial score (nSPS) is 31.6. The van der Waals surface area contributed by atoms with Gasteiger partial charge in [-0.3, -0.25) is 14.4 Å². The van der Waals surface area contributed by atoms with Crippen LogP contribution in [-0.4, -0.2) is 64.2 Å². The molecule has 4 rings (SSSR count). The zero-order chi connectivity index (χ0) is 26.1. The number of hydrogen-bond acceptors (Lipinski definition) is 5. The predicted octanol–water partition coefficient (Wildman–Crippen LogP) is 3.10. The Morgan fingerprint density at radius 3 is 2.47 bits per heavy atom. The summed E-state index contributed by atoms with van der Waals surface area (Å²) in [6.07, 6.45) is 4.61. The second-order valence-electron chi connectivity index (χ2n) is 10.9. The van der Waals surface area contributed by atoms with Crippen molar-refractivity contribution in [1.82, 2.24) is 10.2 Å². The number of anilines is 1. The summed E-state index contributed by atoms with van der Waals surface area (Å²) < 4.78 is 6.76. The highest BCUT2D eigenvalue weighted by Gasteiger charge is 2.79. The Labute approximate surface area is 214 Å². The van der Waals surface area contributed by atoms with E-state index in [2.05, 4.69) is 17.6 Å². The molecule has 3 aliphatic heterocycles. The zero-order valence-corrected chi connectivity index (χ0v) is 22.0. The summed E-state index contributed by atoms with van der Waals surface area (Å²) in [6, 6.07) is 7.79. The molecule has 1 spiro atoms. The van der Waals surface area contributed by atoms with E-state index in [1.165, 1.54) is 0 Å². The molecule has 2 unspecified atom stereocenters. The summed E-state index contributed by atoms with van der Waals surface area (Å²) in [4.78, 5) is 43.2. The number of aliphatic hydroxyl groups is 1. The van der Waals surface area contributed by atoms with Gasteiger partial charge in [0.1, 0.15) is 11.6 Å². The molecule has 3 saturated heterocycles. The van der Waals surface area contributed by atoms with E-state index in [4.69, 9.17) is 4.74 Å². The molecule has 3 amide bonds. The van der Waals surface area contributed by atoms with Crippen LogP contribution in [0.3, 0.4) is 0 Å². The molecular formula is C28H41N3O5. The van der Waals surface area contributed by atoms with Crippen LogP contribution in [0.1, 0.15) is 66.2 Å². The fourth-order valence-electron chi connectivity index (χ4n) is 6.76. The molecule has 1 aromatic carbocycles. The molecule has 0 aliphatic carbocycles.